The van der Waals surface area contributed by atoms with E-state index in [4.69, 9.17) is 14.2 Å². The molecule has 0 bridgehead atoms. The summed E-state index contributed by atoms with van der Waals surface area (Å²) in [7, 11) is 0. The molecule has 1 aliphatic rings. The molecule has 0 aliphatic carbocycles. The van der Waals surface area contributed by atoms with Gasteiger partial charge in [-0.15, -0.1) is 0 Å². The number of rotatable bonds is 6. The molecule has 1 heterocycles. The fourth-order valence-electron chi connectivity index (χ4n) is 4.31. The Hall–Kier alpha value is -3.05. The van der Waals surface area contributed by atoms with Crippen LogP contribution in [0.15, 0.2) is 0 Å². The highest BCUT2D eigenvalue weighted by Crippen LogP contribution is 2.35. The Kier molecular flexibility index (Phi) is 10.8. The lowest BCUT2D eigenvalue weighted by atomic mass is 9.95. The Morgan fingerprint density at radius 2 is 1.28 bits per heavy atom. The average molecular weight is 558 g/mol. The number of hydrogen-bond acceptors (Lipinski definition) is 8. The second-order valence-corrected chi connectivity index (χ2v) is 12.9. The SMILES string of the molecule is CCN(C(=O)N1C[C@@H](C(=O)OC(C)(C)C)[C@@H](N(C(=O)OC(C)(C)C)C(=O)OC(C)(C)C)[C@@H]1CC(=O)O)C(C)C. The zero-order valence-corrected chi connectivity index (χ0v) is 25.5. The molecular formula is C27H47N3O9. The molecule has 0 aromatic rings. The van der Waals surface area contributed by atoms with Gasteiger partial charge in [-0.2, -0.15) is 0 Å². The minimum atomic E-state index is -1.43. The Labute approximate surface area is 231 Å². The average Bonchev–Trinajstić information content (AvgIpc) is 3.02. The molecule has 39 heavy (non-hydrogen) atoms. The molecule has 1 rings (SSSR count). The van der Waals surface area contributed by atoms with Crippen LogP contribution in [0.3, 0.4) is 0 Å². The maximum atomic E-state index is 13.7. The first-order valence-electron chi connectivity index (χ1n) is 13.3. The molecule has 4 amide bonds. The molecule has 0 saturated carbocycles. The van der Waals surface area contributed by atoms with Crippen molar-refractivity contribution in [1.82, 2.24) is 14.7 Å². The molecule has 224 valence electrons. The van der Waals surface area contributed by atoms with Crippen molar-refractivity contribution >= 4 is 30.2 Å². The summed E-state index contributed by atoms with van der Waals surface area (Å²) >= 11 is 0. The number of esters is 1. The molecule has 0 aromatic heterocycles. The van der Waals surface area contributed by atoms with Crippen molar-refractivity contribution in [3.63, 3.8) is 0 Å². The number of ether oxygens (including phenoxy) is 3. The third kappa shape index (κ3) is 9.89. The van der Waals surface area contributed by atoms with E-state index in [1.165, 1.54) is 9.80 Å². The van der Waals surface area contributed by atoms with Gasteiger partial charge in [0, 0.05) is 19.1 Å². The third-order valence-electron chi connectivity index (χ3n) is 5.63. The Bertz CT molecular complexity index is 900. The Morgan fingerprint density at radius 1 is 0.846 bits per heavy atom. The van der Waals surface area contributed by atoms with Gasteiger partial charge in [-0.05, 0) is 83.1 Å². The van der Waals surface area contributed by atoms with Gasteiger partial charge < -0.3 is 29.1 Å². The van der Waals surface area contributed by atoms with Gasteiger partial charge in [0.25, 0.3) is 0 Å². The molecule has 1 N–H and O–H groups in total. The molecule has 1 fully saturated rings. The number of carbonyl (C=O) groups is 5. The highest BCUT2D eigenvalue weighted by molar-refractivity contribution is 5.91. The summed E-state index contributed by atoms with van der Waals surface area (Å²) in [6, 6.07) is -3.46. The van der Waals surface area contributed by atoms with E-state index in [1.54, 1.807) is 83.1 Å². The summed E-state index contributed by atoms with van der Waals surface area (Å²) in [5.74, 6) is -3.33. The van der Waals surface area contributed by atoms with Gasteiger partial charge in [-0.25, -0.2) is 19.3 Å². The zero-order chi connectivity index (χ0) is 30.7. The van der Waals surface area contributed by atoms with Crippen LogP contribution < -0.4 is 0 Å². The number of carbonyl (C=O) groups excluding carboxylic acids is 4. The first-order chi connectivity index (χ1) is 17.5. The summed E-state index contributed by atoms with van der Waals surface area (Å²) in [4.78, 5) is 69.7. The first kappa shape index (κ1) is 34.0. The van der Waals surface area contributed by atoms with Crippen LogP contribution in [0.5, 0.6) is 0 Å². The van der Waals surface area contributed by atoms with Gasteiger partial charge in [0.15, 0.2) is 0 Å². The van der Waals surface area contributed by atoms with Crippen molar-refractivity contribution in [1.29, 1.82) is 0 Å². The summed E-state index contributed by atoms with van der Waals surface area (Å²) in [5, 5.41) is 9.82. The fourth-order valence-corrected chi connectivity index (χ4v) is 4.31. The number of hydrogen-bond donors (Lipinski definition) is 1. The quantitative estimate of drug-likeness (QED) is 0.369. The second-order valence-electron chi connectivity index (χ2n) is 12.9. The predicted molar refractivity (Wildman–Crippen MR) is 143 cm³/mol. The van der Waals surface area contributed by atoms with Crippen molar-refractivity contribution < 1.29 is 43.3 Å². The topological polar surface area (TPSA) is 143 Å². The standard InChI is InChI=1S/C27H47N3O9/c1-13-28(16(2)3)22(34)29-15-17(21(33)37-25(4,5)6)20(18(29)14-19(31)32)30(23(35)38-26(7,8)9)24(36)39-27(10,11)12/h16-18,20H,13-15H2,1-12H3,(H,31,32)/t17-,18+,20-/m1/s1. The van der Waals surface area contributed by atoms with Gasteiger partial charge in [0.1, 0.15) is 16.8 Å². The number of amides is 4. The molecule has 12 nitrogen and oxygen atoms in total. The lowest BCUT2D eigenvalue weighted by Gasteiger charge is -2.38. The fraction of sp³-hybridized carbons (Fsp3) is 0.815. The van der Waals surface area contributed by atoms with Crippen LogP contribution in [-0.2, 0) is 23.8 Å². The van der Waals surface area contributed by atoms with Gasteiger partial charge in [-0.3, -0.25) is 9.59 Å². The van der Waals surface area contributed by atoms with Crippen LogP contribution in [-0.4, -0.2) is 98.0 Å². The minimum absolute atomic E-state index is 0.236. The van der Waals surface area contributed by atoms with Crippen molar-refractivity contribution in [2.75, 3.05) is 13.1 Å². The molecule has 0 unspecified atom stereocenters. The third-order valence-corrected chi connectivity index (χ3v) is 5.63. The lowest BCUT2D eigenvalue weighted by molar-refractivity contribution is -0.161. The van der Waals surface area contributed by atoms with Crippen molar-refractivity contribution in [3.05, 3.63) is 0 Å². The maximum absolute atomic E-state index is 13.7. The van der Waals surface area contributed by atoms with E-state index >= 15 is 0 Å². The van der Waals surface area contributed by atoms with Crippen LogP contribution in [0.25, 0.3) is 0 Å². The molecular weight excluding hydrogens is 510 g/mol. The van der Waals surface area contributed by atoms with E-state index in [0.717, 1.165) is 0 Å². The normalized spacial score (nSPS) is 19.9. The molecule has 1 saturated heterocycles. The molecule has 0 spiro atoms. The first-order valence-corrected chi connectivity index (χ1v) is 13.3. The van der Waals surface area contributed by atoms with Gasteiger partial charge in [0.2, 0.25) is 0 Å². The van der Waals surface area contributed by atoms with Gasteiger partial charge in [-0.1, -0.05) is 0 Å². The van der Waals surface area contributed by atoms with E-state index < -0.39 is 71.4 Å². The number of imide groups is 1. The maximum Gasteiger partial charge on any atom is 0.420 e. The van der Waals surface area contributed by atoms with E-state index in [1.807, 2.05) is 0 Å². The Morgan fingerprint density at radius 3 is 1.62 bits per heavy atom. The van der Waals surface area contributed by atoms with Gasteiger partial charge in [0.05, 0.1) is 24.4 Å². The monoisotopic (exact) mass is 557 g/mol. The van der Waals surface area contributed by atoms with Crippen LogP contribution >= 0.6 is 0 Å². The smallest absolute Gasteiger partial charge is 0.420 e. The molecule has 0 aromatic carbocycles. The minimum Gasteiger partial charge on any atom is -0.481 e. The van der Waals surface area contributed by atoms with E-state index in [9.17, 15) is 29.1 Å². The highest BCUT2D eigenvalue weighted by atomic mass is 16.6. The number of likely N-dealkylation sites (tertiary alicyclic amines) is 1. The largest absolute Gasteiger partial charge is 0.481 e. The number of carboxylic acids is 1. The van der Waals surface area contributed by atoms with Crippen LogP contribution in [0.1, 0.15) is 89.5 Å². The predicted octanol–water partition coefficient (Wildman–Crippen LogP) is 4.49. The van der Waals surface area contributed by atoms with E-state index in [-0.39, 0.29) is 12.6 Å². The lowest BCUT2D eigenvalue weighted by Crippen LogP contribution is -2.58. The summed E-state index contributed by atoms with van der Waals surface area (Å²) in [6.07, 6.45) is -2.90. The molecule has 0 radical (unpaired) electrons. The highest BCUT2D eigenvalue weighted by Gasteiger charge is 2.56. The van der Waals surface area contributed by atoms with Crippen molar-refractivity contribution in [2.24, 2.45) is 5.92 Å². The zero-order valence-electron chi connectivity index (χ0n) is 25.5. The number of urea groups is 1. The summed E-state index contributed by atoms with van der Waals surface area (Å²) in [5.41, 5.74) is -3.00. The van der Waals surface area contributed by atoms with Gasteiger partial charge >= 0.3 is 30.2 Å². The Balaban J connectivity index is 3.87. The van der Waals surface area contributed by atoms with Crippen molar-refractivity contribution in [3.8, 4) is 0 Å². The van der Waals surface area contributed by atoms with E-state index in [2.05, 4.69) is 0 Å². The van der Waals surface area contributed by atoms with Crippen LogP contribution in [0.2, 0.25) is 0 Å². The van der Waals surface area contributed by atoms with Crippen LogP contribution in [0.4, 0.5) is 14.4 Å². The summed E-state index contributed by atoms with van der Waals surface area (Å²) in [6.45, 7) is 20.0. The number of nitrogens with zero attached hydrogens (tertiary/aromatic N) is 3. The molecule has 1 aliphatic heterocycles. The van der Waals surface area contributed by atoms with Crippen LogP contribution in [0, 0.1) is 5.92 Å². The number of carboxylic acid groups (broad SMARTS) is 1. The van der Waals surface area contributed by atoms with E-state index in [0.29, 0.717) is 11.4 Å². The molecule has 3 atom stereocenters. The molecule has 12 heteroatoms. The summed E-state index contributed by atoms with van der Waals surface area (Å²) < 4.78 is 16.6. The van der Waals surface area contributed by atoms with Crippen molar-refractivity contribution in [2.45, 2.75) is 124 Å². The second kappa shape index (κ2) is 12.4. The number of aliphatic carboxylic acids is 1.